The summed E-state index contributed by atoms with van der Waals surface area (Å²) in [5, 5.41) is 45.1. The number of phenolic OH excluding ortho intramolecular Hbond substituents is 3. The van der Waals surface area contributed by atoms with E-state index < -0.39 is 35.6 Å². The van der Waals surface area contributed by atoms with Crippen LogP contribution >= 0.6 is 0 Å². The number of rotatable bonds is 12. The van der Waals surface area contributed by atoms with E-state index in [1.54, 1.807) is 19.1 Å². The number of aromatic amines is 1. The maximum atomic E-state index is 14.5. The van der Waals surface area contributed by atoms with E-state index in [0.29, 0.717) is 64.1 Å². The number of carbonyl (C=O) groups excluding carboxylic acids is 2. The summed E-state index contributed by atoms with van der Waals surface area (Å²) in [6, 6.07) is 17.0. The second-order valence-corrected chi connectivity index (χ2v) is 15.7. The number of nitrogens with one attached hydrogen (secondary N) is 3. The Bertz CT molecular complexity index is 2800. The van der Waals surface area contributed by atoms with Crippen molar-refractivity contribution >= 4 is 40.0 Å². The number of nitrogens with zero attached hydrogens (tertiary/aromatic N) is 7. The van der Waals surface area contributed by atoms with Crippen LogP contribution in [-0.2, 0) is 41.7 Å². The van der Waals surface area contributed by atoms with Gasteiger partial charge in [0.1, 0.15) is 23.1 Å². The molecular weight excluding hydrogens is 834 g/mol. The lowest BCUT2D eigenvalue weighted by Crippen LogP contribution is -2.49. The summed E-state index contributed by atoms with van der Waals surface area (Å²) in [5.41, 5.74) is 0.673. The zero-order valence-electron chi connectivity index (χ0n) is 35.2. The van der Waals surface area contributed by atoms with E-state index in [2.05, 4.69) is 30.6 Å². The second kappa shape index (κ2) is 17.8. The van der Waals surface area contributed by atoms with E-state index in [1.165, 1.54) is 12.1 Å². The third-order valence-electron chi connectivity index (χ3n) is 11.7. The van der Waals surface area contributed by atoms with E-state index in [9.17, 15) is 42.9 Å². The van der Waals surface area contributed by atoms with Gasteiger partial charge in [0.05, 0.1) is 29.1 Å². The summed E-state index contributed by atoms with van der Waals surface area (Å²) >= 11 is 0. The number of carbonyl (C=O) groups is 2. The number of hydrogen-bond acceptors (Lipinski definition) is 12. The first-order valence-electron chi connectivity index (χ1n) is 21.0. The molecule has 334 valence electrons. The number of hydrogen-bond donors (Lipinski definition) is 6. The lowest BCUT2D eigenvalue weighted by atomic mass is 10.0. The van der Waals surface area contributed by atoms with Gasteiger partial charge in [0.25, 0.3) is 0 Å². The Kier molecular flexibility index (Phi) is 12.1. The number of halogens is 3. The molecule has 2 aliphatic heterocycles. The maximum Gasteiger partial charge on any atom is 0.416 e. The number of anilines is 3. The molecule has 19 heteroatoms. The van der Waals surface area contributed by atoms with Crippen LogP contribution in [0.2, 0.25) is 0 Å². The van der Waals surface area contributed by atoms with Gasteiger partial charge in [-0.2, -0.15) is 23.3 Å². The van der Waals surface area contributed by atoms with Crippen LogP contribution in [0.5, 0.6) is 17.2 Å². The third kappa shape index (κ3) is 8.82. The van der Waals surface area contributed by atoms with Crippen molar-refractivity contribution in [3.63, 3.8) is 0 Å². The smallest absolute Gasteiger partial charge is 0.416 e. The normalized spacial score (nSPS) is 14.2. The minimum Gasteiger partial charge on any atom is -0.508 e. The lowest BCUT2D eigenvalue weighted by Gasteiger charge is -2.38. The molecule has 6 aromatic rings. The van der Waals surface area contributed by atoms with E-state index in [-0.39, 0.29) is 59.0 Å². The van der Waals surface area contributed by atoms with Crippen LogP contribution in [-0.4, -0.2) is 96.0 Å². The standard InChI is InChI=1S/C45H47F3N10O6/c1-3-26-20-33(38(61)23-37(26)60)42-53-54-44(64)58(42)29-10-9-28(34(21-29)45(46,47)48)24-50-39(62)11-13-49-43-51-35-25-57(36-22-30(59)19-27-7-5-6-8-31(27)36)14-12-32(35)41(52-43)56-17-15-55(16-18-56)40(63)4-2/h5-10,19-23,59-61H,3-4,11-18,24-25H2,1-2H3,(H,50,62)(H,54,64)(H,49,51,52). The highest BCUT2D eigenvalue weighted by atomic mass is 19.4. The fourth-order valence-electron chi connectivity index (χ4n) is 8.38. The van der Waals surface area contributed by atoms with Crippen molar-refractivity contribution in [1.29, 1.82) is 0 Å². The Morgan fingerprint density at radius 2 is 1.66 bits per heavy atom. The Morgan fingerprint density at radius 1 is 0.875 bits per heavy atom. The number of phenols is 3. The van der Waals surface area contributed by atoms with Gasteiger partial charge in [0, 0.05) is 87.4 Å². The van der Waals surface area contributed by atoms with Crippen molar-refractivity contribution in [2.75, 3.05) is 54.4 Å². The second-order valence-electron chi connectivity index (χ2n) is 15.7. The minimum atomic E-state index is -4.87. The molecule has 4 heterocycles. The molecule has 2 amide bonds. The molecule has 4 aromatic carbocycles. The first-order valence-corrected chi connectivity index (χ1v) is 21.0. The monoisotopic (exact) mass is 880 g/mol. The molecule has 0 bridgehead atoms. The SMILES string of the molecule is CCC(=O)N1CCN(c2nc(NCCC(=O)NCc3ccc(-n4c(-c5cc(CC)c(O)cc5O)n[nH]c4=O)cc3C(F)(F)F)nc3c2CCN(c2cc(O)cc4ccccc24)C3)CC1. The molecule has 0 unspecified atom stereocenters. The Morgan fingerprint density at radius 3 is 2.41 bits per heavy atom. The van der Waals surface area contributed by atoms with E-state index in [4.69, 9.17) is 9.97 Å². The van der Waals surface area contributed by atoms with Crippen LogP contribution in [0.25, 0.3) is 27.8 Å². The first kappa shape index (κ1) is 43.3. The van der Waals surface area contributed by atoms with Crippen molar-refractivity contribution in [2.45, 2.75) is 58.8 Å². The van der Waals surface area contributed by atoms with Gasteiger partial charge >= 0.3 is 11.9 Å². The largest absolute Gasteiger partial charge is 0.508 e. The van der Waals surface area contributed by atoms with Gasteiger partial charge in [-0.15, -0.1) is 0 Å². The van der Waals surface area contributed by atoms with Gasteiger partial charge < -0.3 is 40.7 Å². The van der Waals surface area contributed by atoms with Gasteiger partial charge in [0.15, 0.2) is 5.82 Å². The highest BCUT2D eigenvalue weighted by Gasteiger charge is 2.35. The average molecular weight is 881 g/mol. The number of aromatic hydroxyl groups is 3. The van der Waals surface area contributed by atoms with Gasteiger partial charge in [-0.3, -0.25) is 9.59 Å². The molecular formula is C45H47F3N10O6. The summed E-state index contributed by atoms with van der Waals surface area (Å²) in [6.45, 7) is 6.47. The number of aryl methyl sites for hydroxylation is 1. The van der Waals surface area contributed by atoms with Crippen molar-refractivity contribution in [2.24, 2.45) is 0 Å². The molecule has 0 spiro atoms. The van der Waals surface area contributed by atoms with Crippen LogP contribution in [0.3, 0.4) is 0 Å². The molecule has 0 aliphatic carbocycles. The van der Waals surface area contributed by atoms with Crippen molar-refractivity contribution < 1.29 is 38.1 Å². The fraction of sp³-hybridized carbons (Fsp3) is 0.333. The van der Waals surface area contributed by atoms with Gasteiger partial charge in [0.2, 0.25) is 17.8 Å². The summed E-state index contributed by atoms with van der Waals surface area (Å²) in [6.07, 6.45) is -3.59. The lowest BCUT2D eigenvalue weighted by molar-refractivity contribution is -0.138. The number of amides is 2. The summed E-state index contributed by atoms with van der Waals surface area (Å²) in [4.78, 5) is 54.4. The molecule has 2 aromatic heterocycles. The predicted molar refractivity (Wildman–Crippen MR) is 234 cm³/mol. The Labute approximate surface area is 365 Å². The quantitative estimate of drug-likeness (QED) is 0.0889. The van der Waals surface area contributed by atoms with Crippen LogP contribution < -0.4 is 26.1 Å². The molecule has 0 saturated carbocycles. The maximum absolute atomic E-state index is 14.5. The Balaban J connectivity index is 0.984. The summed E-state index contributed by atoms with van der Waals surface area (Å²) < 4.78 is 44.5. The zero-order valence-corrected chi connectivity index (χ0v) is 35.2. The molecule has 2 aliphatic rings. The van der Waals surface area contributed by atoms with Crippen LogP contribution in [0.4, 0.5) is 30.6 Å². The third-order valence-corrected chi connectivity index (χ3v) is 11.7. The fourth-order valence-corrected chi connectivity index (χ4v) is 8.38. The molecule has 1 saturated heterocycles. The van der Waals surface area contributed by atoms with Gasteiger partial charge in [-0.25, -0.2) is 19.4 Å². The molecule has 64 heavy (non-hydrogen) atoms. The molecule has 1 fully saturated rings. The first-order chi connectivity index (χ1) is 30.7. The van der Waals surface area contributed by atoms with Crippen molar-refractivity contribution in [3.05, 3.63) is 105 Å². The van der Waals surface area contributed by atoms with Crippen LogP contribution in [0, 0.1) is 0 Å². The van der Waals surface area contributed by atoms with E-state index in [0.717, 1.165) is 56.3 Å². The van der Waals surface area contributed by atoms with Crippen LogP contribution in [0.1, 0.15) is 54.6 Å². The molecule has 16 nitrogen and oxygen atoms in total. The van der Waals surface area contributed by atoms with E-state index in [1.807, 2.05) is 36.1 Å². The van der Waals surface area contributed by atoms with Gasteiger partial charge in [-0.05, 0) is 53.6 Å². The predicted octanol–water partition coefficient (Wildman–Crippen LogP) is 5.61. The average Bonchev–Trinajstić information content (AvgIpc) is 3.67. The molecule has 0 atom stereocenters. The Hall–Kier alpha value is -7.31. The van der Waals surface area contributed by atoms with Crippen molar-refractivity contribution in [3.8, 4) is 34.3 Å². The molecule has 0 radical (unpaired) electrons. The zero-order chi connectivity index (χ0) is 45.3. The number of H-pyrrole nitrogens is 1. The van der Waals surface area contributed by atoms with Crippen LogP contribution in [0.15, 0.2) is 71.5 Å². The summed E-state index contributed by atoms with van der Waals surface area (Å²) in [5.74, 6) is -0.0737. The highest BCUT2D eigenvalue weighted by Crippen LogP contribution is 2.38. The summed E-state index contributed by atoms with van der Waals surface area (Å²) in [7, 11) is 0. The van der Waals surface area contributed by atoms with Crippen molar-refractivity contribution in [1.82, 2.24) is 34.9 Å². The topological polar surface area (TPSA) is 205 Å². The number of aromatic nitrogens is 5. The van der Waals surface area contributed by atoms with Gasteiger partial charge in [-0.1, -0.05) is 44.2 Å². The number of benzene rings is 4. The molecule has 6 N–H and O–H groups in total. The highest BCUT2D eigenvalue weighted by molar-refractivity contribution is 5.95. The number of piperazine rings is 1. The minimum absolute atomic E-state index is 0.0236. The van der Waals surface area contributed by atoms with E-state index >= 15 is 0 Å². The molecule has 8 rings (SSSR count). The number of alkyl halides is 3. The number of fused-ring (bicyclic) bond motifs is 2.